The maximum Gasteiger partial charge on any atom is 0.230 e. The number of carbonyl (C=O) groups excluding carboxylic acids is 1. The molecule has 1 aliphatic carbocycles. The molecule has 0 bridgehead atoms. The first kappa shape index (κ1) is 18.0. The summed E-state index contributed by atoms with van der Waals surface area (Å²) in [4.78, 5) is 15.5. The first-order chi connectivity index (χ1) is 11.5. The number of benzene rings is 1. The average Bonchev–Trinajstić information content (AvgIpc) is 2.97. The molecule has 0 spiro atoms. The van der Waals surface area contributed by atoms with Crippen molar-refractivity contribution in [2.24, 2.45) is 11.8 Å². The normalized spacial score (nSPS) is 19.6. The SMILES string of the molecule is CC(C)CC(Br)Cc1ccc2c(c1)CCN2C(=O)C1CCCCC1. The molecule has 3 rings (SSSR count). The van der Waals surface area contributed by atoms with Crippen LogP contribution in [0.1, 0.15) is 63.5 Å². The van der Waals surface area contributed by atoms with Crippen molar-refractivity contribution in [1.29, 1.82) is 0 Å². The average molecular weight is 392 g/mol. The van der Waals surface area contributed by atoms with Crippen molar-refractivity contribution in [2.75, 3.05) is 11.4 Å². The fourth-order valence-electron chi connectivity index (χ4n) is 4.23. The molecule has 0 radical (unpaired) electrons. The Morgan fingerprint density at radius 2 is 2.00 bits per heavy atom. The van der Waals surface area contributed by atoms with E-state index in [0.717, 1.165) is 32.2 Å². The van der Waals surface area contributed by atoms with Gasteiger partial charge in [-0.1, -0.05) is 61.2 Å². The standard InChI is InChI=1S/C21H30BrNO/c1-15(2)12-19(22)14-16-8-9-20-18(13-16)10-11-23(20)21(24)17-6-4-3-5-7-17/h8-9,13,15,17,19H,3-7,10-12,14H2,1-2H3. The van der Waals surface area contributed by atoms with Crippen LogP contribution in [-0.2, 0) is 17.6 Å². The van der Waals surface area contributed by atoms with Crippen LogP contribution in [0.2, 0.25) is 0 Å². The summed E-state index contributed by atoms with van der Waals surface area (Å²) < 4.78 is 0. The van der Waals surface area contributed by atoms with Gasteiger partial charge in [0.1, 0.15) is 0 Å². The molecule has 0 N–H and O–H groups in total. The van der Waals surface area contributed by atoms with Crippen LogP contribution in [0, 0.1) is 11.8 Å². The molecule has 3 heteroatoms. The van der Waals surface area contributed by atoms with E-state index in [1.807, 2.05) is 0 Å². The predicted molar refractivity (Wildman–Crippen MR) is 105 cm³/mol. The minimum atomic E-state index is 0.266. The van der Waals surface area contributed by atoms with Crippen molar-refractivity contribution in [3.05, 3.63) is 29.3 Å². The summed E-state index contributed by atoms with van der Waals surface area (Å²) in [5.74, 6) is 1.36. The molecule has 0 aromatic heterocycles. The molecule has 2 aliphatic rings. The summed E-state index contributed by atoms with van der Waals surface area (Å²) >= 11 is 3.82. The highest BCUT2D eigenvalue weighted by Gasteiger charge is 2.31. The van der Waals surface area contributed by atoms with E-state index in [2.05, 4.69) is 52.9 Å². The Hall–Kier alpha value is -0.830. The smallest absolute Gasteiger partial charge is 0.230 e. The Morgan fingerprint density at radius 3 is 2.71 bits per heavy atom. The number of anilines is 1. The number of alkyl halides is 1. The van der Waals surface area contributed by atoms with Gasteiger partial charge in [0.15, 0.2) is 0 Å². The van der Waals surface area contributed by atoms with Gasteiger partial charge < -0.3 is 4.90 Å². The molecule has 24 heavy (non-hydrogen) atoms. The Kier molecular flexibility index (Phi) is 6.02. The highest BCUT2D eigenvalue weighted by Crippen LogP contribution is 2.34. The van der Waals surface area contributed by atoms with Gasteiger partial charge in [-0.15, -0.1) is 0 Å². The van der Waals surface area contributed by atoms with E-state index in [1.165, 1.54) is 42.5 Å². The lowest BCUT2D eigenvalue weighted by atomic mass is 9.88. The molecule has 132 valence electrons. The molecular formula is C21H30BrNO. The summed E-state index contributed by atoms with van der Waals surface area (Å²) in [6.45, 7) is 5.41. The zero-order valence-corrected chi connectivity index (χ0v) is 16.6. The number of amides is 1. The van der Waals surface area contributed by atoms with Crippen LogP contribution in [0.15, 0.2) is 18.2 Å². The second-order valence-electron chi connectivity index (χ2n) is 7.97. The monoisotopic (exact) mass is 391 g/mol. The third kappa shape index (κ3) is 4.22. The van der Waals surface area contributed by atoms with Crippen molar-refractivity contribution in [3.63, 3.8) is 0 Å². The number of carbonyl (C=O) groups is 1. The van der Waals surface area contributed by atoms with Gasteiger partial charge in [0.25, 0.3) is 0 Å². The Morgan fingerprint density at radius 1 is 1.25 bits per heavy atom. The summed E-state index contributed by atoms with van der Waals surface area (Å²) in [5.41, 5.74) is 3.92. The molecule has 1 amide bonds. The number of hydrogen-bond acceptors (Lipinski definition) is 1. The molecule has 1 fully saturated rings. The number of nitrogens with zero attached hydrogens (tertiary/aromatic N) is 1. The minimum Gasteiger partial charge on any atom is -0.312 e. The number of rotatable bonds is 5. The summed E-state index contributed by atoms with van der Waals surface area (Å²) in [6, 6.07) is 6.74. The van der Waals surface area contributed by atoms with Crippen LogP contribution in [0.25, 0.3) is 0 Å². The van der Waals surface area contributed by atoms with Crippen LogP contribution in [0.5, 0.6) is 0 Å². The maximum absolute atomic E-state index is 12.9. The third-order valence-corrected chi connectivity index (χ3v) is 6.14. The van der Waals surface area contributed by atoms with Crippen molar-refractivity contribution in [2.45, 2.75) is 70.0 Å². The fourth-order valence-corrected chi connectivity index (χ4v) is 5.35. The van der Waals surface area contributed by atoms with Gasteiger partial charge in [-0.2, -0.15) is 0 Å². The van der Waals surface area contributed by atoms with Gasteiger partial charge in [-0.3, -0.25) is 4.79 Å². The van der Waals surface area contributed by atoms with E-state index >= 15 is 0 Å². The molecular weight excluding hydrogens is 362 g/mol. The highest BCUT2D eigenvalue weighted by molar-refractivity contribution is 9.09. The Labute approximate surface area is 155 Å². The minimum absolute atomic E-state index is 0.266. The van der Waals surface area contributed by atoms with Crippen LogP contribution < -0.4 is 4.90 Å². The predicted octanol–water partition coefficient (Wildman–Crippen LogP) is 5.51. The zero-order valence-electron chi connectivity index (χ0n) is 15.1. The molecule has 1 aromatic carbocycles. The second-order valence-corrected chi connectivity index (χ2v) is 9.26. The van der Waals surface area contributed by atoms with E-state index in [9.17, 15) is 4.79 Å². The van der Waals surface area contributed by atoms with Gasteiger partial charge >= 0.3 is 0 Å². The summed E-state index contributed by atoms with van der Waals surface area (Å²) in [5, 5.41) is 0. The van der Waals surface area contributed by atoms with E-state index in [0.29, 0.717) is 16.7 Å². The van der Waals surface area contributed by atoms with Gasteiger partial charge in [-0.05, 0) is 55.2 Å². The van der Waals surface area contributed by atoms with Crippen LogP contribution in [0.4, 0.5) is 5.69 Å². The van der Waals surface area contributed by atoms with Gasteiger partial charge in [0, 0.05) is 23.0 Å². The zero-order chi connectivity index (χ0) is 17.1. The largest absolute Gasteiger partial charge is 0.312 e. The highest BCUT2D eigenvalue weighted by atomic mass is 79.9. The van der Waals surface area contributed by atoms with Crippen molar-refractivity contribution < 1.29 is 4.79 Å². The van der Waals surface area contributed by atoms with Crippen LogP contribution in [0.3, 0.4) is 0 Å². The fraction of sp³-hybridized carbons (Fsp3) is 0.667. The van der Waals surface area contributed by atoms with Gasteiger partial charge in [0.2, 0.25) is 5.91 Å². The second kappa shape index (κ2) is 8.03. The quantitative estimate of drug-likeness (QED) is 0.606. The molecule has 1 unspecified atom stereocenters. The van der Waals surface area contributed by atoms with E-state index in [1.54, 1.807) is 0 Å². The number of hydrogen-bond donors (Lipinski definition) is 0. The summed E-state index contributed by atoms with van der Waals surface area (Å²) in [6.07, 6.45) is 9.20. The first-order valence-corrected chi connectivity index (χ1v) is 10.5. The molecule has 1 heterocycles. The molecule has 1 atom stereocenters. The first-order valence-electron chi connectivity index (χ1n) is 9.62. The molecule has 2 nitrogen and oxygen atoms in total. The maximum atomic E-state index is 12.9. The molecule has 1 aliphatic heterocycles. The molecule has 1 saturated carbocycles. The van der Waals surface area contributed by atoms with E-state index in [-0.39, 0.29) is 5.92 Å². The lowest BCUT2D eigenvalue weighted by molar-refractivity contribution is -0.123. The van der Waals surface area contributed by atoms with Crippen LogP contribution in [-0.4, -0.2) is 17.3 Å². The number of halogens is 1. The van der Waals surface area contributed by atoms with E-state index < -0.39 is 0 Å². The lowest BCUT2D eigenvalue weighted by Crippen LogP contribution is -2.35. The third-order valence-electron chi connectivity index (χ3n) is 5.44. The van der Waals surface area contributed by atoms with Gasteiger partial charge in [-0.25, -0.2) is 0 Å². The number of fused-ring (bicyclic) bond motifs is 1. The van der Waals surface area contributed by atoms with Crippen LogP contribution >= 0.6 is 15.9 Å². The summed E-state index contributed by atoms with van der Waals surface area (Å²) in [7, 11) is 0. The van der Waals surface area contributed by atoms with Crippen molar-refractivity contribution in [1.82, 2.24) is 0 Å². The van der Waals surface area contributed by atoms with Gasteiger partial charge in [0.05, 0.1) is 0 Å². The van der Waals surface area contributed by atoms with Crippen molar-refractivity contribution in [3.8, 4) is 0 Å². The topological polar surface area (TPSA) is 20.3 Å². The molecule has 0 saturated heterocycles. The Bertz CT molecular complexity index is 577. The Balaban J connectivity index is 1.67. The van der Waals surface area contributed by atoms with E-state index in [4.69, 9.17) is 0 Å². The lowest BCUT2D eigenvalue weighted by Gasteiger charge is -2.26. The molecule has 1 aromatic rings. The van der Waals surface area contributed by atoms with Crippen molar-refractivity contribution >= 4 is 27.5 Å².